The summed E-state index contributed by atoms with van der Waals surface area (Å²) in [6.07, 6.45) is -8.14. The summed E-state index contributed by atoms with van der Waals surface area (Å²) in [5.41, 5.74) is 3.60. The largest absolute Gasteiger partial charge is 0.443 e. The number of thioether (sulfide) groups is 1. The molecule has 5 rings (SSSR count). The molecule has 0 spiro atoms. The SMILES string of the molecule is CSc1cnc(C(F)(F)F)c(-n2nc(C)nc2[C@@H]2OC3COC(c4ccccc4)O[C@@H]3C(NNC(=O)OC(C)(C)C)C2O)c1. The predicted molar refractivity (Wildman–Crippen MR) is 151 cm³/mol. The number of nitrogens with zero attached hydrogens (tertiary/aromatic N) is 4. The van der Waals surface area contributed by atoms with Crippen molar-refractivity contribution in [2.24, 2.45) is 0 Å². The molecule has 2 aromatic heterocycles. The van der Waals surface area contributed by atoms with Gasteiger partial charge in [0.25, 0.3) is 0 Å². The summed E-state index contributed by atoms with van der Waals surface area (Å²) in [4.78, 5) is 21.0. The number of aryl methyl sites for hydroxylation is 1. The van der Waals surface area contributed by atoms with Crippen LogP contribution in [0.3, 0.4) is 0 Å². The Morgan fingerprint density at radius 3 is 2.57 bits per heavy atom. The van der Waals surface area contributed by atoms with E-state index in [4.69, 9.17) is 18.9 Å². The number of hydrogen-bond donors (Lipinski definition) is 3. The van der Waals surface area contributed by atoms with Crippen molar-refractivity contribution in [1.82, 2.24) is 30.6 Å². The van der Waals surface area contributed by atoms with Gasteiger partial charge < -0.3 is 24.1 Å². The van der Waals surface area contributed by atoms with Crippen molar-refractivity contribution in [3.05, 3.63) is 65.5 Å². The first-order chi connectivity index (χ1) is 20.7. The number of hydrogen-bond acceptors (Lipinski definition) is 11. The van der Waals surface area contributed by atoms with Crippen molar-refractivity contribution in [2.45, 2.75) is 81.1 Å². The van der Waals surface area contributed by atoms with Gasteiger partial charge in [0.1, 0.15) is 35.8 Å². The van der Waals surface area contributed by atoms with Crippen molar-refractivity contribution in [3.8, 4) is 5.69 Å². The first-order valence-corrected chi connectivity index (χ1v) is 14.9. The molecule has 2 fully saturated rings. The third kappa shape index (κ3) is 7.00. The molecule has 16 heteroatoms. The summed E-state index contributed by atoms with van der Waals surface area (Å²) in [6.45, 7) is 6.59. The summed E-state index contributed by atoms with van der Waals surface area (Å²) < 4.78 is 66.9. The van der Waals surface area contributed by atoms with Crippen molar-refractivity contribution in [3.63, 3.8) is 0 Å². The number of ether oxygens (including phenoxy) is 4. The normalized spacial score (nSPS) is 25.8. The molecule has 4 heterocycles. The monoisotopic (exact) mass is 638 g/mol. The Balaban J connectivity index is 1.51. The van der Waals surface area contributed by atoms with Gasteiger partial charge in [-0.25, -0.2) is 24.9 Å². The number of hydrazine groups is 1. The van der Waals surface area contributed by atoms with E-state index in [1.54, 1.807) is 27.0 Å². The molecule has 6 atom stereocenters. The van der Waals surface area contributed by atoms with Gasteiger partial charge in [0.15, 0.2) is 17.8 Å². The number of aliphatic hydroxyl groups excluding tert-OH is 1. The molecule has 2 aliphatic heterocycles. The Morgan fingerprint density at radius 2 is 1.91 bits per heavy atom. The second-order valence-corrected chi connectivity index (χ2v) is 12.1. The van der Waals surface area contributed by atoms with Gasteiger partial charge in [0.05, 0.1) is 18.3 Å². The third-order valence-electron chi connectivity index (χ3n) is 6.79. The molecule has 12 nitrogen and oxygen atoms in total. The summed E-state index contributed by atoms with van der Waals surface area (Å²) in [5.74, 6) is 0.0329. The van der Waals surface area contributed by atoms with E-state index < -0.39 is 60.3 Å². The highest BCUT2D eigenvalue weighted by Gasteiger charge is 2.52. The predicted octanol–water partition coefficient (Wildman–Crippen LogP) is 4.02. The molecular formula is C28H33F3N6O6S. The summed E-state index contributed by atoms with van der Waals surface area (Å²) in [6, 6.07) is 9.36. The zero-order valence-corrected chi connectivity index (χ0v) is 25.3. The number of carbonyl (C=O) groups is 1. The Hall–Kier alpha value is -3.28. The maximum atomic E-state index is 14.1. The molecule has 2 aliphatic rings. The van der Waals surface area contributed by atoms with E-state index in [-0.39, 0.29) is 23.9 Å². The first-order valence-electron chi connectivity index (χ1n) is 13.7. The van der Waals surface area contributed by atoms with Crippen LogP contribution in [0.15, 0.2) is 47.5 Å². The van der Waals surface area contributed by atoms with Crippen molar-refractivity contribution >= 4 is 17.9 Å². The molecule has 4 unspecified atom stereocenters. The van der Waals surface area contributed by atoms with Gasteiger partial charge in [-0.1, -0.05) is 30.3 Å². The number of aromatic nitrogens is 4. The van der Waals surface area contributed by atoms with Crippen LogP contribution in [-0.4, -0.2) is 73.8 Å². The van der Waals surface area contributed by atoms with E-state index >= 15 is 0 Å². The Kier molecular flexibility index (Phi) is 9.21. The minimum Gasteiger partial charge on any atom is -0.443 e. The van der Waals surface area contributed by atoms with Gasteiger partial charge in [-0.05, 0) is 40.0 Å². The average molecular weight is 639 g/mol. The second kappa shape index (κ2) is 12.6. The van der Waals surface area contributed by atoms with Crippen LogP contribution in [0.25, 0.3) is 5.69 Å². The van der Waals surface area contributed by atoms with Gasteiger partial charge in [0.2, 0.25) is 0 Å². The van der Waals surface area contributed by atoms with Gasteiger partial charge in [-0.3, -0.25) is 5.43 Å². The molecule has 0 saturated carbocycles. The van der Waals surface area contributed by atoms with Crippen LogP contribution in [-0.2, 0) is 25.1 Å². The second-order valence-electron chi connectivity index (χ2n) is 11.2. The molecule has 44 heavy (non-hydrogen) atoms. The third-order valence-corrected chi connectivity index (χ3v) is 7.49. The highest BCUT2D eigenvalue weighted by molar-refractivity contribution is 7.98. The minimum atomic E-state index is -4.81. The number of rotatable bonds is 6. The van der Waals surface area contributed by atoms with Crippen molar-refractivity contribution in [1.29, 1.82) is 0 Å². The van der Waals surface area contributed by atoms with Crippen LogP contribution in [0.1, 0.15) is 56.1 Å². The maximum Gasteiger partial charge on any atom is 0.435 e. The lowest BCUT2D eigenvalue weighted by molar-refractivity contribution is -0.313. The van der Waals surface area contributed by atoms with E-state index in [0.29, 0.717) is 4.90 Å². The van der Waals surface area contributed by atoms with Gasteiger partial charge in [0, 0.05) is 16.7 Å². The van der Waals surface area contributed by atoms with Crippen molar-refractivity contribution in [2.75, 3.05) is 12.9 Å². The maximum absolute atomic E-state index is 14.1. The first kappa shape index (κ1) is 32.1. The number of aliphatic hydroxyl groups is 1. The Bertz CT molecular complexity index is 1470. The molecule has 1 aromatic carbocycles. The molecule has 0 radical (unpaired) electrons. The van der Waals surface area contributed by atoms with Gasteiger partial charge in [-0.2, -0.15) is 18.3 Å². The van der Waals surface area contributed by atoms with Crippen LogP contribution in [0.2, 0.25) is 0 Å². The zero-order valence-electron chi connectivity index (χ0n) is 24.5. The Labute approximate surface area is 255 Å². The highest BCUT2D eigenvalue weighted by Crippen LogP contribution is 2.40. The van der Waals surface area contributed by atoms with Crippen LogP contribution in [0.5, 0.6) is 0 Å². The smallest absolute Gasteiger partial charge is 0.435 e. The number of pyridine rings is 1. The fourth-order valence-electron chi connectivity index (χ4n) is 4.96. The lowest BCUT2D eigenvalue weighted by Gasteiger charge is -2.48. The molecular weight excluding hydrogens is 605 g/mol. The standard InChI is InChI=1S/C28H33F3N6O6S/c1-14-33-24(37(36-14)17-11-16(44-5)12-32-23(17)28(29,30)31)22-20(38)19(34-35-26(39)43-27(2,3)4)21-18(41-22)13-40-25(42-21)15-9-7-6-8-10-15/h6-12,18-22,25,34,38H,13H2,1-5H3,(H,35,39)/t18?,19?,20?,21-,22+,25?/m0/s1. The molecule has 0 aliphatic carbocycles. The Morgan fingerprint density at radius 1 is 1.18 bits per heavy atom. The average Bonchev–Trinajstić information content (AvgIpc) is 3.36. The van der Waals surface area contributed by atoms with Crippen LogP contribution < -0.4 is 10.9 Å². The fourth-order valence-corrected chi connectivity index (χ4v) is 5.35. The topological polar surface area (TPSA) is 142 Å². The minimum absolute atomic E-state index is 0.00248. The molecule has 3 aromatic rings. The van der Waals surface area contributed by atoms with Crippen LogP contribution in [0.4, 0.5) is 18.0 Å². The number of carbonyl (C=O) groups excluding carboxylic acids is 1. The number of alkyl halides is 3. The number of benzene rings is 1. The molecule has 3 N–H and O–H groups in total. The van der Waals surface area contributed by atoms with E-state index in [2.05, 4.69) is 25.9 Å². The van der Waals surface area contributed by atoms with E-state index in [1.165, 1.54) is 24.8 Å². The van der Waals surface area contributed by atoms with E-state index in [1.807, 2.05) is 30.3 Å². The lowest BCUT2D eigenvalue weighted by Crippen LogP contribution is -2.66. The number of fused-ring (bicyclic) bond motifs is 1. The molecule has 0 bridgehead atoms. The quantitative estimate of drug-likeness (QED) is 0.266. The summed E-state index contributed by atoms with van der Waals surface area (Å²) >= 11 is 1.21. The molecule has 238 valence electrons. The van der Waals surface area contributed by atoms with Crippen LogP contribution in [0, 0.1) is 6.92 Å². The molecule has 2 saturated heterocycles. The number of nitrogens with one attached hydrogen (secondary N) is 2. The lowest BCUT2D eigenvalue weighted by atomic mass is 9.91. The van der Waals surface area contributed by atoms with Gasteiger partial charge in [-0.15, -0.1) is 11.8 Å². The van der Waals surface area contributed by atoms with E-state index in [0.717, 1.165) is 16.4 Å². The van der Waals surface area contributed by atoms with Gasteiger partial charge >= 0.3 is 12.3 Å². The van der Waals surface area contributed by atoms with Crippen molar-refractivity contribution < 1.29 is 42.0 Å². The number of amides is 1. The summed E-state index contributed by atoms with van der Waals surface area (Å²) in [5, 5.41) is 15.9. The van der Waals surface area contributed by atoms with Crippen LogP contribution >= 0.6 is 11.8 Å². The summed E-state index contributed by atoms with van der Waals surface area (Å²) in [7, 11) is 0. The van der Waals surface area contributed by atoms with E-state index in [9.17, 15) is 23.1 Å². The highest BCUT2D eigenvalue weighted by atomic mass is 32.2. The molecule has 1 amide bonds. The fraction of sp³-hybridized carbons (Fsp3) is 0.500. The zero-order chi connectivity index (χ0) is 31.8. The number of halogens is 3.